The molecule has 0 fully saturated rings. The average molecular weight is 212 g/mol. The number of ether oxygens (including phenoxy) is 1. The summed E-state index contributed by atoms with van der Waals surface area (Å²) in [6.45, 7) is -0.0408. The number of carbonyl (C=O) groups excluding carboxylic acids is 2. The highest BCUT2D eigenvalue weighted by atomic mass is 16.5. The zero-order valence-corrected chi connectivity index (χ0v) is 8.05. The maximum atomic E-state index is 11.1. The van der Waals surface area contributed by atoms with Gasteiger partial charge in [0.1, 0.15) is 19.0 Å². The van der Waals surface area contributed by atoms with Gasteiger partial charge in [-0.15, -0.1) is 0 Å². The minimum absolute atomic E-state index is 0.00901. The van der Waals surface area contributed by atoms with Crippen LogP contribution in [0.15, 0.2) is 12.3 Å². The molecule has 0 radical (unpaired) electrons. The Morgan fingerprint density at radius 2 is 2.27 bits per heavy atom. The average Bonchev–Trinajstić information content (AvgIpc) is 2.50. The number of aromatic nitrogens is 2. The molecule has 1 aromatic rings. The van der Waals surface area contributed by atoms with Gasteiger partial charge in [0.05, 0.1) is 6.42 Å². The van der Waals surface area contributed by atoms with E-state index in [1.54, 1.807) is 12.3 Å². The third-order valence-corrected chi connectivity index (χ3v) is 1.56. The van der Waals surface area contributed by atoms with Crippen molar-refractivity contribution in [3.8, 4) is 0 Å². The normalized spacial score (nSPS) is 9.87. The number of nitrogens with two attached hydrogens (primary N) is 2. The molecule has 1 aromatic heterocycles. The predicted octanol–water partition coefficient (Wildman–Crippen LogP) is -1.12. The first kappa shape index (κ1) is 11.0. The molecule has 0 spiro atoms. The van der Waals surface area contributed by atoms with E-state index in [0.29, 0.717) is 5.82 Å². The van der Waals surface area contributed by atoms with Crippen LogP contribution in [-0.4, -0.2) is 28.3 Å². The Hall–Kier alpha value is -2.05. The standard InChI is InChI=1S/C8H12N4O3/c9-6-1-3-12(11-6)5-8(14)15-4-2-7(10)13/h1,3H,2,4-5H2,(H2,9,11)(H2,10,13). The van der Waals surface area contributed by atoms with Crippen LogP contribution in [0.5, 0.6) is 0 Å². The van der Waals surface area contributed by atoms with Crippen molar-refractivity contribution >= 4 is 17.7 Å². The highest BCUT2D eigenvalue weighted by Gasteiger charge is 2.05. The van der Waals surface area contributed by atoms with E-state index in [1.165, 1.54) is 4.68 Å². The van der Waals surface area contributed by atoms with Crippen molar-refractivity contribution in [1.82, 2.24) is 9.78 Å². The lowest BCUT2D eigenvalue weighted by Gasteiger charge is -2.02. The zero-order valence-electron chi connectivity index (χ0n) is 8.05. The van der Waals surface area contributed by atoms with Gasteiger partial charge < -0.3 is 16.2 Å². The largest absolute Gasteiger partial charge is 0.464 e. The van der Waals surface area contributed by atoms with Crippen LogP contribution in [0.1, 0.15) is 6.42 Å². The first-order valence-corrected chi connectivity index (χ1v) is 4.31. The van der Waals surface area contributed by atoms with Crippen molar-refractivity contribution < 1.29 is 14.3 Å². The molecule has 0 aliphatic heterocycles. The number of amides is 1. The summed E-state index contributed by atoms with van der Waals surface area (Å²) in [5.41, 5.74) is 10.2. The fourth-order valence-electron chi connectivity index (χ4n) is 0.909. The van der Waals surface area contributed by atoms with Gasteiger partial charge in [-0.05, 0) is 6.07 Å². The van der Waals surface area contributed by atoms with Crippen molar-refractivity contribution in [3.05, 3.63) is 12.3 Å². The number of hydrogen-bond acceptors (Lipinski definition) is 5. The number of anilines is 1. The molecule has 0 saturated heterocycles. The van der Waals surface area contributed by atoms with Gasteiger partial charge in [0, 0.05) is 6.20 Å². The van der Waals surface area contributed by atoms with Gasteiger partial charge in [0.2, 0.25) is 5.91 Å². The van der Waals surface area contributed by atoms with Gasteiger partial charge >= 0.3 is 5.97 Å². The molecule has 1 rings (SSSR count). The molecule has 82 valence electrons. The second-order valence-electron chi connectivity index (χ2n) is 2.87. The van der Waals surface area contributed by atoms with E-state index in [0.717, 1.165) is 0 Å². The van der Waals surface area contributed by atoms with Crippen molar-refractivity contribution in [3.63, 3.8) is 0 Å². The van der Waals surface area contributed by atoms with E-state index in [-0.39, 0.29) is 19.6 Å². The highest BCUT2D eigenvalue weighted by molar-refractivity contribution is 5.74. The Morgan fingerprint density at radius 3 is 2.80 bits per heavy atom. The van der Waals surface area contributed by atoms with Crippen LogP contribution in [0.4, 0.5) is 5.82 Å². The first-order chi connectivity index (χ1) is 7.08. The third-order valence-electron chi connectivity index (χ3n) is 1.56. The van der Waals surface area contributed by atoms with Gasteiger partial charge in [-0.2, -0.15) is 5.10 Å². The second-order valence-corrected chi connectivity index (χ2v) is 2.87. The Kier molecular flexibility index (Phi) is 3.67. The van der Waals surface area contributed by atoms with Gasteiger partial charge in [0.15, 0.2) is 0 Å². The molecular weight excluding hydrogens is 200 g/mol. The molecular formula is C8H12N4O3. The minimum atomic E-state index is -0.508. The molecule has 7 heteroatoms. The van der Waals surface area contributed by atoms with Gasteiger partial charge in [-0.3, -0.25) is 14.3 Å². The summed E-state index contributed by atoms with van der Waals surface area (Å²) in [4.78, 5) is 21.5. The molecule has 0 unspecified atom stereocenters. The molecule has 0 aliphatic carbocycles. The van der Waals surface area contributed by atoms with Crippen LogP contribution >= 0.6 is 0 Å². The number of hydrogen-bond donors (Lipinski definition) is 2. The van der Waals surface area contributed by atoms with Crippen molar-refractivity contribution in [2.75, 3.05) is 12.3 Å². The number of nitrogen functional groups attached to an aromatic ring is 1. The van der Waals surface area contributed by atoms with Crippen molar-refractivity contribution in [2.45, 2.75) is 13.0 Å². The fraction of sp³-hybridized carbons (Fsp3) is 0.375. The SMILES string of the molecule is NC(=O)CCOC(=O)Cn1ccc(N)n1. The summed E-state index contributed by atoms with van der Waals surface area (Å²) in [6.07, 6.45) is 1.58. The monoisotopic (exact) mass is 212 g/mol. The number of carbonyl (C=O) groups is 2. The maximum absolute atomic E-state index is 11.1. The smallest absolute Gasteiger partial charge is 0.327 e. The lowest BCUT2D eigenvalue weighted by molar-refractivity contribution is -0.145. The summed E-state index contributed by atoms with van der Waals surface area (Å²) >= 11 is 0. The summed E-state index contributed by atoms with van der Waals surface area (Å²) < 4.78 is 6.07. The molecule has 1 amide bonds. The van der Waals surface area contributed by atoms with Crippen LogP contribution in [-0.2, 0) is 20.9 Å². The van der Waals surface area contributed by atoms with Crippen LogP contribution in [0.25, 0.3) is 0 Å². The van der Waals surface area contributed by atoms with Crippen molar-refractivity contribution in [1.29, 1.82) is 0 Å². The van der Waals surface area contributed by atoms with Crippen LogP contribution in [0, 0.1) is 0 Å². The van der Waals surface area contributed by atoms with E-state index < -0.39 is 11.9 Å². The number of rotatable bonds is 5. The molecule has 15 heavy (non-hydrogen) atoms. The molecule has 0 atom stereocenters. The van der Waals surface area contributed by atoms with Crippen LogP contribution in [0.2, 0.25) is 0 Å². The van der Waals surface area contributed by atoms with E-state index in [4.69, 9.17) is 16.2 Å². The summed E-state index contributed by atoms with van der Waals surface area (Å²) in [6, 6.07) is 1.57. The van der Waals surface area contributed by atoms with Crippen LogP contribution < -0.4 is 11.5 Å². The number of nitrogens with zero attached hydrogens (tertiary/aromatic N) is 2. The summed E-state index contributed by atoms with van der Waals surface area (Å²) in [5.74, 6) is -0.662. The lowest BCUT2D eigenvalue weighted by atomic mass is 10.4. The lowest BCUT2D eigenvalue weighted by Crippen LogP contribution is -2.18. The number of esters is 1. The maximum Gasteiger partial charge on any atom is 0.327 e. The van der Waals surface area contributed by atoms with E-state index in [2.05, 4.69) is 5.10 Å². The summed E-state index contributed by atoms with van der Waals surface area (Å²) in [7, 11) is 0. The Bertz CT molecular complexity index is 361. The predicted molar refractivity (Wildman–Crippen MR) is 51.4 cm³/mol. The zero-order chi connectivity index (χ0) is 11.3. The van der Waals surface area contributed by atoms with Gasteiger partial charge in [-0.1, -0.05) is 0 Å². The molecule has 0 aliphatic rings. The second kappa shape index (κ2) is 4.99. The minimum Gasteiger partial charge on any atom is -0.464 e. The Morgan fingerprint density at radius 1 is 1.53 bits per heavy atom. The quantitative estimate of drug-likeness (QED) is 0.600. The molecule has 0 bridgehead atoms. The first-order valence-electron chi connectivity index (χ1n) is 4.31. The molecule has 1 heterocycles. The number of primary amides is 1. The third kappa shape index (κ3) is 4.12. The van der Waals surface area contributed by atoms with E-state index >= 15 is 0 Å². The van der Waals surface area contributed by atoms with Crippen molar-refractivity contribution in [2.24, 2.45) is 5.73 Å². The molecule has 7 nitrogen and oxygen atoms in total. The Balaban J connectivity index is 2.27. The molecule has 0 aromatic carbocycles. The molecule has 4 N–H and O–H groups in total. The summed E-state index contributed by atoms with van der Waals surface area (Å²) in [5, 5.41) is 3.80. The topological polar surface area (TPSA) is 113 Å². The van der Waals surface area contributed by atoms with E-state index in [1.807, 2.05) is 0 Å². The van der Waals surface area contributed by atoms with E-state index in [9.17, 15) is 9.59 Å². The van der Waals surface area contributed by atoms with Crippen LogP contribution in [0.3, 0.4) is 0 Å². The van der Waals surface area contributed by atoms with Gasteiger partial charge in [-0.25, -0.2) is 0 Å². The van der Waals surface area contributed by atoms with Gasteiger partial charge in [0.25, 0.3) is 0 Å². The fourth-order valence-corrected chi connectivity index (χ4v) is 0.909. The highest BCUT2D eigenvalue weighted by Crippen LogP contribution is 1.96. The Labute approximate surface area is 86.0 Å². The molecule has 0 saturated carbocycles.